The Morgan fingerprint density at radius 2 is 2.12 bits per heavy atom. The Hall–Kier alpha value is -0.290. The molecule has 1 saturated carbocycles. The summed E-state index contributed by atoms with van der Waals surface area (Å²) < 4.78 is 12.3. The highest BCUT2D eigenvalue weighted by Crippen LogP contribution is 2.33. The number of hydrogen-bond donors (Lipinski definition) is 0. The van der Waals surface area contributed by atoms with Gasteiger partial charge in [0.1, 0.15) is 5.75 Å². The maximum absolute atomic E-state index is 5.96. The molecule has 2 rings (SSSR count). The summed E-state index contributed by atoms with van der Waals surface area (Å²) in [6, 6.07) is 8.12. The fourth-order valence-electron chi connectivity index (χ4n) is 1.69. The van der Waals surface area contributed by atoms with Gasteiger partial charge in [-0.3, -0.25) is 0 Å². The molecule has 1 unspecified atom stereocenters. The average Bonchev–Trinajstić information content (AvgIpc) is 3.14. The lowest BCUT2D eigenvalue weighted by Gasteiger charge is -2.18. The van der Waals surface area contributed by atoms with Crippen molar-refractivity contribution in [3.63, 3.8) is 0 Å². The van der Waals surface area contributed by atoms with E-state index >= 15 is 0 Å². The molecule has 0 aromatic heterocycles. The molecule has 0 spiro atoms. The van der Waals surface area contributed by atoms with Gasteiger partial charge < -0.3 is 9.47 Å². The molecule has 0 radical (unpaired) electrons. The lowest BCUT2D eigenvalue weighted by atomic mass is 10.1. The van der Waals surface area contributed by atoms with Crippen LogP contribution >= 0.6 is 22.6 Å². The molecule has 0 saturated heterocycles. The maximum Gasteiger partial charge on any atom is 0.124 e. The van der Waals surface area contributed by atoms with Crippen molar-refractivity contribution >= 4 is 22.6 Å². The van der Waals surface area contributed by atoms with Gasteiger partial charge in [0.15, 0.2) is 0 Å². The first-order valence-electron chi connectivity index (χ1n) is 5.65. The Bertz CT molecular complexity index is 336. The summed E-state index contributed by atoms with van der Waals surface area (Å²) in [6.07, 6.45) is 2.83. The van der Waals surface area contributed by atoms with Crippen LogP contribution in [0.5, 0.6) is 5.75 Å². The molecule has 0 N–H and O–H groups in total. The predicted octanol–water partition coefficient (Wildman–Crippen LogP) is 3.60. The lowest BCUT2D eigenvalue weighted by Crippen LogP contribution is -2.09. The summed E-state index contributed by atoms with van der Waals surface area (Å²) in [5.74, 6) is 1.74. The minimum absolute atomic E-state index is 0.164. The van der Waals surface area contributed by atoms with E-state index in [1.165, 1.54) is 18.4 Å². The maximum atomic E-state index is 5.96. The highest BCUT2D eigenvalue weighted by Gasteiger charge is 2.24. The summed E-state index contributed by atoms with van der Waals surface area (Å²) in [6.45, 7) is 0.895. The number of para-hydroxylation sites is 1. The van der Waals surface area contributed by atoms with Crippen LogP contribution in [0.2, 0.25) is 0 Å². The Morgan fingerprint density at radius 3 is 2.75 bits per heavy atom. The Morgan fingerprint density at radius 1 is 1.38 bits per heavy atom. The van der Waals surface area contributed by atoms with Gasteiger partial charge in [-0.25, -0.2) is 0 Å². The van der Waals surface area contributed by atoms with Crippen LogP contribution in [0.25, 0.3) is 0 Å². The number of methoxy groups -OCH3 is 1. The number of rotatable bonds is 6. The van der Waals surface area contributed by atoms with Crippen molar-refractivity contribution in [1.29, 1.82) is 0 Å². The van der Waals surface area contributed by atoms with Gasteiger partial charge in [0.2, 0.25) is 0 Å². The Labute approximate surface area is 110 Å². The van der Waals surface area contributed by atoms with Gasteiger partial charge in [-0.1, -0.05) is 40.8 Å². The molecule has 0 bridgehead atoms. The molecule has 1 aliphatic carbocycles. The molecule has 0 amide bonds. The van der Waals surface area contributed by atoms with E-state index in [4.69, 9.17) is 9.47 Å². The normalized spacial score (nSPS) is 17.1. The first-order chi connectivity index (χ1) is 7.85. The van der Waals surface area contributed by atoms with Crippen LogP contribution in [0.3, 0.4) is 0 Å². The molecular formula is C13H17IO2. The average molecular weight is 332 g/mol. The minimum Gasteiger partial charge on any atom is -0.496 e. The molecule has 0 heterocycles. The molecular weight excluding hydrogens is 315 g/mol. The molecule has 1 aromatic carbocycles. The van der Waals surface area contributed by atoms with Crippen LogP contribution in [0, 0.1) is 5.92 Å². The van der Waals surface area contributed by atoms with Crippen molar-refractivity contribution < 1.29 is 9.47 Å². The molecule has 3 heteroatoms. The van der Waals surface area contributed by atoms with Gasteiger partial charge in [0, 0.05) is 9.99 Å². The topological polar surface area (TPSA) is 18.5 Å². The quantitative estimate of drug-likeness (QED) is 0.585. The highest BCUT2D eigenvalue weighted by molar-refractivity contribution is 14.1. The van der Waals surface area contributed by atoms with E-state index in [1.807, 2.05) is 18.2 Å². The number of hydrogen-bond acceptors (Lipinski definition) is 2. The van der Waals surface area contributed by atoms with Crippen LogP contribution in [-0.4, -0.2) is 18.1 Å². The van der Waals surface area contributed by atoms with Gasteiger partial charge in [0.05, 0.1) is 19.8 Å². The minimum atomic E-state index is 0.164. The van der Waals surface area contributed by atoms with Gasteiger partial charge in [-0.2, -0.15) is 0 Å². The molecule has 1 fully saturated rings. The molecule has 16 heavy (non-hydrogen) atoms. The van der Waals surface area contributed by atoms with Crippen LogP contribution < -0.4 is 4.74 Å². The van der Waals surface area contributed by atoms with Crippen molar-refractivity contribution in [3.8, 4) is 5.75 Å². The van der Waals surface area contributed by atoms with Crippen LogP contribution in [-0.2, 0) is 4.74 Å². The van der Waals surface area contributed by atoms with Crippen LogP contribution in [0.4, 0.5) is 0 Å². The molecule has 1 aliphatic rings. The monoisotopic (exact) mass is 332 g/mol. The second-order valence-corrected chi connectivity index (χ2v) is 5.04. The number of benzene rings is 1. The fourth-order valence-corrected chi connectivity index (χ4v) is 2.42. The van der Waals surface area contributed by atoms with Crippen molar-refractivity contribution in [3.05, 3.63) is 29.8 Å². The van der Waals surface area contributed by atoms with E-state index in [9.17, 15) is 0 Å². The molecule has 88 valence electrons. The molecule has 2 nitrogen and oxygen atoms in total. The van der Waals surface area contributed by atoms with E-state index in [-0.39, 0.29) is 6.10 Å². The lowest BCUT2D eigenvalue weighted by molar-refractivity contribution is 0.0613. The van der Waals surface area contributed by atoms with Crippen LogP contribution in [0.15, 0.2) is 24.3 Å². The summed E-state index contributed by atoms with van der Waals surface area (Å²) in [5.41, 5.74) is 1.17. The van der Waals surface area contributed by atoms with E-state index < -0.39 is 0 Å². The van der Waals surface area contributed by atoms with Crippen LogP contribution in [0.1, 0.15) is 24.5 Å². The van der Waals surface area contributed by atoms with E-state index in [0.717, 1.165) is 22.7 Å². The summed E-state index contributed by atoms with van der Waals surface area (Å²) >= 11 is 2.37. The second kappa shape index (κ2) is 5.87. The van der Waals surface area contributed by atoms with Crippen molar-refractivity contribution in [2.45, 2.75) is 18.9 Å². The van der Waals surface area contributed by atoms with Crippen molar-refractivity contribution in [1.82, 2.24) is 0 Å². The standard InChI is InChI=1S/C13H17IO2/c1-15-12-5-3-2-4-11(12)13(8-14)16-9-10-6-7-10/h2-5,10,13H,6-9H2,1H3. The third-order valence-corrected chi connectivity index (χ3v) is 3.66. The highest BCUT2D eigenvalue weighted by atomic mass is 127. The zero-order valence-electron chi connectivity index (χ0n) is 9.49. The van der Waals surface area contributed by atoms with Crippen molar-refractivity contribution in [2.75, 3.05) is 18.1 Å². The summed E-state index contributed by atoms with van der Waals surface area (Å²) in [5, 5.41) is 0. The fraction of sp³-hybridized carbons (Fsp3) is 0.538. The SMILES string of the molecule is COc1ccccc1C(CI)OCC1CC1. The van der Waals surface area contributed by atoms with Gasteiger partial charge in [-0.05, 0) is 24.8 Å². The van der Waals surface area contributed by atoms with Crippen molar-refractivity contribution in [2.24, 2.45) is 5.92 Å². The Kier molecular flexibility index (Phi) is 4.46. The Balaban J connectivity index is 2.04. The third-order valence-electron chi connectivity index (χ3n) is 2.86. The first kappa shape index (κ1) is 12.2. The van der Waals surface area contributed by atoms with Gasteiger partial charge in [-0.15, -0.1) is 0 Å². The van der Waals surface area contributed by atoms with E-state index in [1.54, 1.807) is 7.11 Å². The van der Waals surface area contributed by atoms with E-state index in [2.05, 4.69) is 28.7 Å². The second-order valence-electron chi connectivity index (χ2n) is 4.16. The number of ether oxygens (including phenoxy) is 2. The zero-order chi connectivity index (χ0) is 11.4. The van der Waals surface area contributed by atoms with Gasteiger partial charge in [0.25, 0.3) is 0 Å². The van der Waals surface area contributed by atoms with Gasteiger partial charge >= 0.3 is 0 Å². The number of halogens is 1. The third kappa shape index (κ3) is 3.10. The summed E-state index contributed by atoms with van der Waals surface area (Å²) in [7, 11) is 1.71. The number of alkyl halides is 1. The van der Waals surface area contributed by atoms with E-state index in [0.29, 0.717) is 0 Å². The molecule has 1 atom stereocenters. The zero-order valence-corrected chi connectivity index (χ0v) is 11.6. The molecule has 1 aromatic rings. The first-order valence-corrected chi connectivity index (χ1v) is 7.18. The molecule has 0 aliphatic heterocycles. The predicted molar refractivity (Wildman–Crippen MR) is 73.3 cm³/mol. The smallest absolute Gasteiger partial charge is 0.124 e. The largest absolute Gasteiger partial charge is 0.496 e. The summed E-state index contributed by atoms with van der Waals surface area (Å²) in [4.78, 5) is 0.